The van der Waals surface area contributed by atoms with Crippen LogP contribution in [0.3, 0.4) is 0 Å². The summed E-state index contributed by atoms with van der Waals surface area (Å²) in [6.07, 6.45) is 0.878. The molecular formula is C16H22N2O4. The molecule has 1 unspecified atom stereocenters. The van der Waals surface area contributed by atoms with Gasteiger partial charge >= 0.3 is 0 Å². The summed E-state index contributed by atoms with van der Waals surface area (Å²) in [5, 5.41) is 3.24. The number of nitrogens with one attached hydrogen (secondary N) is 1. The molecule has 0 saturated carbocycles. The van der Waals surface area contributed by atoms with Crippen LogP contribution >= 0.6 is 0 Å². The quantitative estimate of drug-likeness (QED) is 0.917. The molecule has 1 N–H and O–H groups in total. The molecule has 0 spiro atoms. The Kier molecular flexibility index (Phi) is 4.68. The lowest BCUT2D eigenvalue weighted by atomic mass is 10.2. The van der Waals surface area contributed by atoms with Crippen LogP contribution in [0.4, 0.5) is 5.69 Å². The predicted octanol–water partition coefficient (Wildman–Crippen LogP) is 1.51. The molecular weight excluding hydrogens is 284 g/mol. The van der Waals surface area contributed by atoms with E-state index < -0.39 is 0 Å². The molecule has 2 aliphatic rings. The minimum Gasteiger partial charge on any atom is -0.490 e. The van der Waals surface area contributed by atoms with Gasteiger partial charge in [-0.15, -0.1) is 0 Å². The lowest BCUT2D eigenvalue weighted by Gasteiger charge is -2.29. The Morgan fingerprint density at radius 3 is 2.64 bits per heavy atom. The van der Waals surface area contributed by atoms with Gasteiger partial charge in [-0.1, -0.05) is 0 Å². The smallest absolute Gasteiger partial charge is 0.244 e. The molecule has 2 heterocycles. The second-order valence-electron chi connectivity index (χ2n) is 5.52. The maximum Gasteiger partial charge on any atom is 0.244 e. The highest BCUT2D eigenvalue weighted by Gasteiger charge is 2.22. The van der Waals surface area contributed by atoms with Gasteiger partial charge in [0.25, 0.3) is 0 Å². The molecule has 1 aromatic carbocycles. The molecule has 120 valence electrons. The van der Waals surface area contributed by atoms with Gasteiger partial charge in [0.05, 0.1) is 26.4 Å². The monoisotopic (exact) mass is 306 g/mol. The Morgan fingerprint density at radius 1 is 1.14 bits per heavy atom. The number of anilines is 1. The van der Waals surface area contributed by atoms with Crippen molar-refractivity contribution in [1.82, 2.24) is 4.90 Å². The molecule has 0 aromatic heterocycles. The van der Waals surface area contributed by atoms with Gasteiger partial charge < -0.3 is 24.4 Å². The molecule has 0 radical (unpaired) electrons. The van der Waals surface area contributed by atoms with E-state index in [0.29, 0.717) is 39.5 Å². The Morgan fingerprint density at radius 2 is 1.86 bits per heavy atom. The van der Waals surface area contributed by atoms with Gasteiger partial charge in [-0.05, 0) is 19.1 Å². The summed E-state index contributed by atoms with van der Waals surface area (Å²) in [6, 6.07) is 5.40. The van der Waals surface area contributed by atoms with Gasteiger partial charge in [0, 0.05) is 31.3 Å². The van der Waals surface area contributed by atoms with Crippen molar-refractivity contribution in [3.8, 4) is 11.5 Å². The fraction of sp³-hybridized carbons (Fsp3) is 0.562. The average Bonchev–Trinajstić information content (AvgIpc) is 2.79. The van der Waals surface area contributed by atoms with E-state index in [1.807, 2.05) is 30.0 Å². The van der Waals surface area contributed by atoms with Crippen molar-refractivity contribution in [3.05, 3.63) is 18.2 Å². The summed E-state index contributed by atoms with van der Waals surface area (Å²) in [7, 11) is 0. The van der Waals surface area contributed by atoms with Crippen LogP contribution in [-0.2, 0) is 9.53 Å². The molecule has 2 aliphatic heterocycles. The maximum atomic E-state index is 12.4. The van der Waals surface area contributed by atoms with E-state index in [4.69, 9.17) is 14.2 Å². The topological polar surface area (TPSA) is 60.0 Å². The van der Waals surface area contributed by atoms with Gasteiger partial charge in [-0.25, -0.2) is 0 Å². The number of morpholine rings is 1. The number of carbonyl (C=O) groups excluding carboxylic acids is 1. The van der Waals surface area contributed by atoms with E-state index in [-0.39, 0.29) is 11.9 Å². The zero-order chi connectivity index (χ0) is 15.4. The summed E-state index contributed by atoms with van der Waals surface area (Å²) < 4.78 is 16.6. The zero-order valence-corrected chi connectivity index (χ0v) is 12.8. The van der Waals surface area contributed by atoms with E-state index in [0.717, 1.165) is 23.6 Å². The maximum absolute atomic E-state index is 12.4. The van der Waals surface area contributed by atoms with Crippen molar-refractivity contribution in [2.24, 2.45) is 0 Å². The largest absolute Gasteiger partial charge is 0.490 e. The SMILES string of the molecule is CC(Nc1ccc2c(c1)OCCCO2)C(=O)N1CCOCC1. The van der Waals surface area contributed by atoms with E-state index in [2.05, 4.69) is 5.32 Å². The molecule has 22 heavy (non-hydrogen) atoms. The van der Waals surface area contributed by atoms with Gasteiger partial charge in [-0.3, -0.25) is 4.79 Å². The third kappa shape index (κ3) is 3.44. The minimum atomic E-state index is -0.289. The predicted molar refractivity (Wildman–Crippen MR) is 82.5 cm³/mol. The summed E-state index contributed by atoms with van der Waals surface area (Å²) >= 11 is 0. The van der Waals surface area contributed by atoms with Crippen molar-refractivity contribution < 1.29 is 19.0 Å². The van der Waals surface area contributed by atoms with Crippen LogP contribution in [0.15, 0.2) is 18.2 Å². The second-order valence-corrected chi connectivity index (χ2v) is 5.52. The van der Waals surface area contributed by atoms with Gasteiger partial charge in [-0.2, -0.15) is 0 Å². The van der Waals surface area contributed by atoms with E-state index in [1.165, 1.54) is 0 Å². The molecule has 1 amide bonds. The molecule has 0 bridgehead atoms. The first-order valence-corrected chi connectivity index (χ1v) is 7.77. The van der Waals surface area contributed by atoms with Crippen molar-refractivity contribution in [3.63, 3.8) is 0 Å². The first-order valence-electron chi connectivity index (χ1n) is 7.77. The van der Waals surface area contributed by atoms with Crippen LogP contribution in [0.25, 0.3) is 0 Å². The van der Waals surface area contributed by atoms with Crippen molar-refractivity contribution >= 4 is 11.6 Å². The number of carbonyl (C=O) groups is 1. The third-order valence-electron chi connectivity index (χ3n) is 3.82. The average molecular weight is 306 g/mol. The first-order chi connectivity index (χ1) is 10.7. The van der Waals surface area contributed by atoms with Gasteiger partial charge in [0.2, 0.25) is 5.91 Å². The number of amides is 1. The number of rotatable bonds is 3. The highest BCUT2D eigenvalue weighted by molar-refractivity contribution is 5.84. The van der Waals surface area contributed by atoms with Gasteiger partial charge in [0.15, 0.2) is 11.5 Å². The number of ether oxygens (including phenoxy) is 3. The molecule has 6 nitrogen and oxygen atoms in total. The Labute approximate surface area is 130 Å². The van der Waals surface area contributed by atoms with Crippen molar-refractivity contribution in [2.45, 2.75) is 19.4 Å². The third-order valence-corrected chi connectivity index (χ3v) is 3.82. The number of benzene rings is 1. The second kappa shape index (κ2) is 6.87. The fourth-order valence-corrected chi connectivity index (χ4v) is 2.62. The summed E-state index contributed by atoms with van der Waals surface area (Å²) in [5.41, 5.74) is 0.860. The van der Waals surface area contributed by atoms with E-state index in [1.54, 1.807) is 0 Å². The van der Waals surface area contributed by atoms with Gasteiger partial charge in [0.1, 0.15) is 6.04 Å². The van der Waals surface area contributed by atoms with Crippen LogP contribution in [0.5, 0.6) is 11.5 Å². The lowest BCUT2D eigenvalue weighted by molar-refractivity contribution is -0.135. The normalized spacial score (nSPS) is 19.2. The molecule has 1 saturated heterocycles. The summed E-state index contributed by atoms with van der Waals surface area (Å²) in [4.78, 5) is 14.2. The summed E-state index contributed by atoms with van der Waals surface area (Å²) in [5.74, 6) is 1.58. The standard InChI is InChI=1S/C16H22N2O4/c1-12(16(19)18-5-9-20-10-6-18)17-13-3-4-14-15(11-13)22-8-2-7-21-14/h3-4,11-12,17H,2,5-10H2,1H3. The molecule has 1 aromatic rings. The highest BCUT2D eigenvalue weighted by Crippen LogP contribution is 2.32. The van der Waals surface area contributed by atoms with Crippen LogP contribution < -0.4 is 14.8 Å². The van der Waals surface area contributed by atoms with E-state index >= 15 is 0 Å². The Balaban J connectivity index is 1.64. The number of fused-ring (bicyclic) bond motifs is 1. The van der Waals surface area contributed by atoms with Crippen LogP contribution in [0.2, 0.25) is 0 Å². The van der Waals surface area contributed by atoms with Crippen molar-refractivity contribution in [2.75, 3.05) is 44.8 Å². The zero-order valence-electron chi connectivity index (χ0n) is 12.8. The number of nitrogens with zero attached hydrogens (tertiary/aromatic N) is 1. The van der Waals surface area contributed by atoms with Crippen LogP contribution in [0.1, 0.15) is 13.3 Å². The summed E-state index contributed by atoms with van der Waals surface area (Å²) in [6.45, 7) is 5.74. The molecule has 3 rings (SSSR count). The number of hydrogen-bond donors (Lipinski definition) is 1. The van der Waals surface area contributed by atoms with E-state index in [9.17, 15) is 4.79 Å². The molecule has 0 aliphatic carbocycles. The molecule has 1 atom stereocenters. The first kappa shape index (κ1) is 15.0. The fourth-order valence-electron chi connectivity index (χ4n) is 2.62. The highest BCUT2D eigenvalue weighted by atomic mass is 16.5. The number of hydrogen-bond acceptors (Lipinski definition) is 5. The van der Waals surface area contributed by atoms with Crippen LogP contribution in [-0.4, -0.2) is 56.4 Å². The van der Waals surface area contributed by atoms with Crippen LogP contribution in [0, 0.1) is 0 Å². The minimum absolute atomic E-state index is 0.0930. The molecule has 1 fully saturated rings. The van der Waals surface area contributed by atoms with Crippen molar-refractivity contribution in [1.29, 1.82) is 0 Å². The Bertz CT molecular complexity index is 529. The molecule has 6 heteroatoms. The lowest BCUT2D eigenvalue weighted by Crippen LogP contribution is -2.46. The Hall–Kier alpha value is -1.95.